The summed E-state index contributed by atoms with van der Waals surface area (Å²) in [5.41, 5.74) is 2.86. The van der Waals surface area contributed by atoms with Gasteiger partial charge < -0.3 is 9.73 Å². The highest BCUT2D eigenvalue weighted by Gasteiger charge is 2.19. The van der Waals surface area contributed by atoms with Crippen molar-refractivity contribution in [2.24, 2.45) is 0 Å². The maximum atomic E-state index is 6.17. The molecule has 0 spiro atoms. The Balaban J connectivity index is 1.44. The summed E-state index contributed by atoms with van der Waals surface area (Å²) in [6.45, 7) is 4.03. The zero-order valence-corrected chi connectivity index (χ0v) is 17.5. The Morgan fingerprint density at radius 1 is 1.07 bits per heavy atom. The van der Waals surface area contributed by atoms with Crippen molar-refractivity contribution in [3.8, 4) is 11.5 Å². The second-order valence-corrected chi connectivity index (χ2v) is 9.03. The molecule has 0 bridgehead atoms. The van der Waals surface area contributed by atoms with Gasteiger partial charge in [0.1, 0.15) is 0 Å². The maximum absolute atomic E-state index is 6.17. The third kappa shape index (κ3) is 4.35. The van der Waals surface area contributed by atoms with Gasteiger partial charge in [0, 0.05) is 5.56 Å². The average Bonchev–Trinajstić information content (AvgIpc) is 3.33. The van der Waals surface area contributed by atoms with Crippen LogP contribution in [0.25, 0.3) is 11.5 Å². The van der Waals surface area contributed by atoms with Crippen LogP contribution >= 0.6 is 34.7 Å². The number of thioether (sulfide) groups is 1. The summed E-state index contributed by atoms with van der Waals surface area (Å²) >= 11 is 9.13. The molecule has 1 N–H and O–H groups in total. The van der Waals surface area contributed by atoms with Crippen LogP contribution in [0.15, 0.2) is 57.3 Å². The molecule has 0 aliphatic rings. The van der Waals surface area contributed by atoms with Gasteiger partial charge in [-0.15, -0.1) is 20.4 Å². The second kappa shape index (κ2) is 8.30. The Labute approximate surface area is 175 Å². The van der Waals surface area contributed by atoms with Gasteiger partial charge in [-0.3, -0.25) is 0 Å². The fourth-order valence-corrected chi connectivity index (χ4v) is 4.60. The van der Waals surface area contributed by atoms with Crippen LogP contribution in [0.4, 0.5) is 10.8 Å². The standard InChI is InChI=1S/C19H16ClN5OS2/c1-11-6-5-7-13(10-11)17-23-22-16(26-17)12(2)27-19-25-24-18(28-19)21-15-9-4-3-8-14(15)20/h3-10,12H,1-2H3,(H,21,24)/t12-/m1/s1. The van der Waals surface area contributed by atoms with Crippen LogP contribution in [0.5, 0.6) is 0 Å². The zero-order chi connectivity index (χ0) is 19.5. The van der Waals surface area contributed by atoms with E-state index in [0.29, 0.717) is 21.9 Å². The van der Waals surface area contributed by atoms with Gasteiger partial charge in [0.05, 0.1) is 16.0 Å². The van der Waals surface area contributed by atoms with Crippen molar-refractivity contribution in [2.45, 2.75) is 23.4 Å². The van der Waals surface area contributed by atoms with Gasteiger partial charge in [0.25, 0.3) is 0 Å². The SMILES string of the molecule is Cc1cccc(-c2nnc([C@@H](C)Sc3nnc(Nc4ccccc4Cl)s3)o2)c1. The fraction of sp³-hybridized carbons (Fsp3) is 0.158. The molecular formula is C19H16ClN5OS2. The van der Waals surface area contributed by atoms with E-state index in [2.05, 4.69) is 25.7 Å². The predicted molar refractivity (Wildman–Crippen MR) is 113 cm³/mol. The molecule has 0 radical (unpaired) electrons. The van der Waals surface area contributed by atoms with Crippen LogP contribution in [-0.2, 0) is 0 Å². The molecule has 0 aliphatic carbocycles. The average molecular weight is 430 g/mol. The number of halogens is 1. The Bertz CT molecular complexity index is 1100. The number of benzene rings is 2. The van der Waals surface area contributed by atoms with Crippen molar-refractivity contribution < 1.29 is 4.42 Å². The first-order valence-electron chi connectivity index (χ1n) is 8.50. The lowest BCUT2D eigenvalue weighted by Gasteiger charge is -2.03. The molecule has 2 heterocycles. The zero-order valence-electron chi connectivity index (χ0n) is 15.1. The van der Waals surface area contributed by atoms with Crippen molar-refractivity contribution >= 4 is 45.5 Å². The number of aryl methyl sites for hydroxylation is 1. The van der Waals surface area contributed by atoms with Crippen LogP contribution in [0.1, 0.15) is 23.6 Å². The molecule has 2 aromatic carbocycles. The first-order valence-corrected chi connectivity index (χ1v) is 10.6. The summed E-state index contributed by atoms with van der Waals surface area (Å²) in [7, 11) is 0. The number of nitrogens with one attached hydrogen (secondary N) is 1. The van der Waals surface area contributed by atoms with E-state index < -0.39 is 0 Å². The second-order valence-electron chi connectivity index (χ2n) is 6.05. The van der Waals surface area contributed by atoms with Gasteiger partial charge in [0.2, 0.25) is 16.9 Å². The molecule has 0 fully saturated rings. The first kappa shape index (κ1) is 18.9. The highest BCUT2D eigenvalue weighted by molar-refractivity contribution is 8.01. The third-order valence-electron chi connectivity index (χ3n) is 3.85. The molecule has 4 aromatic rings. The van der Waals surface area contributed by atoms with Gasteiger partial charge in [-0.25, -0.2) is 0 Å². The maximum Gasteiger partial charge on any atom is 0.247 e. The number of hydrogen-bond acceptors (Lipinski definition) is 8. The summed E-state index contributed by atoms with van der Waals surface area (Å²) < 4.78 is 6.66. The van der Waals surface area contributed by atoms with Gasteiger partial charge in [-0.1, -0.05) is 64.5 Å². The number of nitrogens with zero attached hydrogens (tertiary/aromatic N) is 4. The monoisotopic (exact) mass is 429 g/mol. The smallest absolute Gasteiger partial charge is 0.247 e. The highest BCUT2D eigenvalue weighted by atomic mass is 35.5. The predicted octanol–water partition coefficient (Wildman–Crippen LogP) is 6.15. The molecule has 0 amide bonds. The number of rotatable bonds is 6. The largest absolute Gasteiger partial charge is 0.419 e. The Morgan fingerprint density at radius 2 is 1.93 bits per heavy atom. The van der Waals surface area contributed by atoms with E-state index in [9.17, 15) is 0 Å². The number of hydrogen-bond donors (Lipinski definition) is 1. The van der Waals surface area contributed by atoms with E-state index in [0.717, 1.165) is 21.2 Å². The molecule has 0 unspecified atom stereocenters. The van der Waals surface area contributed by atoms with Gasteiger partial charge in [-0.2, -0.15) is 0 Å². The lowest BCUT2D eigenvalue weighted by molar-refractivity contribution is 0.509. The molecule has 142 valence electrons. The highest BCUT2D eigenvalue weighted by Crippen LogP contribution is 2.38. The van der Waals surface area contributed by atoms with Crippen LogP contribution in [0.3, 0.4) is 0 Å². The number of aromatic nitrogens is 4. The molecule has 0 aliphatic heterocycles. The molecule has 6 nitrogen and oxygen atoms in total. The van der Waals surface area contributed by atoms with Crippen molar-refractivity contribution in [1.82, 2.24) is 20.4 Å². The molecule has 0 saturated heterocycles. The van der Waals surface area contributed by atoms with Crippen molar-refractivity contribution in [1.29, 1.82) is 0 Å². The summed E-state index contributed by atoms with van der Waals surface area (Å²) in [4.78, 5) is 0. The Hall–Kier alpha value is -2.42. The van der Waals surface area contributed by atoms with Gasteiger partial charge in [0.15, 0.2) is 4.34 Å². The minimum atomic E-state index is -0.0489. The minimum Gasteiger partial charge on any atom is -0.419 e. The summed E-state index contributed by atoms with van der Waals surface area (Å²) in [6.07, 6.45) is 0. The summed E-state index contributed by atoms with van der Waals surface area (Å²) in [5.74, 6) is 1.07. The third-order valence-corrected chi connectivity index (χ3v) is 6.19. The van der Waals surface area contributed by atoms with E-state index in [1.54, 1.807) is 0 Å². The number of anilines is 2. The van der Waals surface area contributed by atoms with Crippen LogP contribution in [0, 0.1) is 6.92 Å². The van der Waals surface area contributed by atoms with Crippen molar-refractivity contribution in [3.05, 3.63) is 65.0 Å². The number of para-hydroxylation sites is 1. The Kier molecular flexibility index (Phi) is 5.61. The molecule has 28 heavy (non-hydrogen) atoms. The van der Waals surface area contributed by atoms with E-state index in [1.165, 1.54) is 23.1 Å². The van der Waals surface area contributed by atoms with Crippen LogP contribution in [-0.4, -0.2) is 20.4 Å². The topological polar surface area (TPSA) is 76.7 Å². The quantitative estimate of drug-likeness (QED) is 0.368. The molecule has 4 rings (SSSR count). The molecule has 0 saturated carbocycles. The van der Waals surface area contributed by atoms with Crippen molar-refractivity contribution in [3.63, 3.8) is 0 Å². The van der Waals surface area contributed by atoms with E-state index >= 15 is 0 Å². The lowest BCUT2D eigenvalue weighted by Crippen LogP contribution is -1.89. The first-order chi connectivity index (χ1) is 13.6. The summed E-state index contributed by atoms with van der Waals surface area (Å²) in [6, 6.07) is 15.5. The van der Waals surface area contributed by atoms with Crippen molar-refractivity contribution in [2.75, 3.05) is 5.32 Å². The summed E-state index contributed by atoms with van der Waals surface area (Å²) in [5, 5.41) is 21.2. The molecular weight excluding hydrogens is 414 g/mol. The molecule has 1 atom stereocenters. The normalized spacial score (nSPS) is 12.1. The Morgan fingerprint density at radius 3 is 2.75 bits per heavy atom. The van der Waals surface area contributed by atoms with E-state index in [-0.39, 0.29) is 5.25 Å². The molecule has 9 heteroatoms. The van der Waals surface area contributed by atoms with E-state index in [1.807, 2.05) is 62.4 Å². The lowest BCUT2D eigenvalue weighted by atomic mass is 10.1. The molecule has 2 aromatic heterocycles. The van der Waals surface area contributed by atoms with Gasteiger partial charge in [-0.05, 0) is 38.1 Å². The van der Waals surface area contributed by atoms with Crippen LogP contribution < -0.4 is 5.32 Å². The minimum absolute atomic E-state index is 0.0489. The van der Waals surface area contributed by atoms with Gasteiger partial charge >= 0.3 is 0 Å². The fourth-order valence-electron chi connectivity index (χ4n) is 2.48. The van der Waals surface area contributed by atoms with Crippen LogP contribution in [0.2, 0.25) is 5.02 Å². The van der Waals surface area contributed by atoms with E-state index in [4.69, 9.17) is 16.0 Å².